The minimum absolute atomic E-state index is 0.567. The zero-order valence-electron chi connectivity index (χ0n) is 11.9. The molecule has 5 nitrogen and oxygen atoms in total. The Kier molecular flexibility index (Phi) is 4.85. The predicted molar refractivity (Wildman–Crippen MR) is 78.8 cm³/mol. The first-order valence-electron chi connectivity index (χ1n) is 7.11. The highest BCUT2D eigenvalue weighted by Crippen LogP contribution is 2.24. The normalized spacial score (nSPS) is 16.6. The van der Waals surface area contributed by atoms with Crippen molar-refractivity contribution < 1.29 is 4.74 Å². The van der Waals surface area contributed by atoms with Crippen molar-refractivity contribution in [3.63, 3.8) is 0 Å². The summed E-state index contributed by atoms with van der Waals surface area (Å²) in [5.74, 6) is 1.54. The fraction of sp³-hybridized carbons (Fsp3) is 0.643. The first-order valence-corrected chi connectivity index (χ1v) is 7.11. The highest BCUT2D eigenvalue weighted by molar-refractivity contribution is 5.54. The van der Waals surface area contributed by atoms with Crippen molar-refractivity contribution in [2.24, 2.45) is 0 Å². The van der Waals surface area contributed by atoms with Gasteiger partial charge in [0.1, 0.15) is 5.82 Å². The number of piperazine rings is 1. The quantitative estimate of drug-likeness (QED) is 0.875. The summed E-state index contributed by atoms with van der Waals surface area (Å²) in [5, 5.41) is 0. The lowest BCUT2D eigenvalue weighted by molar-refractivity contribution is 0.269. The number of pyridine rings is 1. The average Bonchev–Trinajstić information content (AvgIpc) is 2.46. The molecular formula is C14H24N4O. The number of ether oxygens (including phenoxy) is 1. The number of aromatic nitrogens is 1. The first-order chi connectivity index (χ1) is 9.24. The van der Waals surface area contributed by atoms with Crippen LogP contribution in [0.2, 0.25) is 0 Å². The van der Waals surface area contributed by atoms with Crippen LogP contribution in [-0.2, 0) is 0 Å². The number of nitrogens with zero attached hydrogens (tertiary/aromatic N) is 3. The van der Waals surface area contributed by atoms with Gasteiger partial charge in [0.05, 0.1) is 12.3 Å². The summed E-state index contributed by atoms with van der Waals surface area (Å²) in [4.78, 5) is 9.29. The third-order valence-corrected chi connectivity index (χ3v) is 3.46. The summed E-state index contributed by atoms with van der Waals surface area (Å²) in [5.41, 5.74) is 6.50. The second-order valence-corrected chi connectivity index (χ2v) is 4.83. The standard InChI is InChI=1S/C14H24N4O/c1-3-11-19-14-12(15)5-6-13(16-14)18-9-7-17(4-2)8-10-18/h5-6H,3-4,7-11,15H2,1-2H3. The Bertz CT molecular complexity index is 402. The van der Waals surface area contributed by atoms with Gasteiger partial charge >= 0.3 is 0 Å². The van der Waals surface area contributed by atoms with E-state index in [2.05, 4.69) is 28.6 Å². The number of rotatable bonds is 5. The minimum Gasteiger partial charge on any atom is -0.476 e. The SMILES string of the molecule is CCCOc1nc(N2CCN(CC)CC2)ccc1N. The lowest BCUT2D eigenvalue weighted by Gasteiger charge is -2.34. The summed E-state index contributed by atoms with van der Waals surface area (Å²) in [6.07, 6.45) is 0.959. The van der Waals surface area contributed by atoms with Crippen LogP contribution in [-0.4, -0.2) is 49.2 Å². The minimum atomic E-state index is 0.567. The molecule has 19 heavy (non-hydrogen) atoms. The Balaban J connectivity index is 2.04. The first kappa shape index (κ1) is 13.9. The molecule has 0 atom stereocenters. The van der Waals surface area contributed by atoms with Crippen molar-refractivity contribution in [1.29, 1.82) is 0 Å². The Morgan fingerprint density at radius 2 is 1.95 bits per heavy atom. The second-order valence-electron chi connectivity index (χ2n) is 4.83. The molecule has 5 heteroatoms. The van der Waals surface area contributed by atoms with Gasteiger partial charge in [-0.2, -0.15) is 4.98 Å². The van der Waals surface area contributed by atoms with Crippen molar-refractivity contribution in [2.75, 3.05) is 50.0 Å². The number of likely N-dealkylation sites (N-methyl/N-ethyl adjacent to an activating group) is 1. The topological polar surface area (TPSA) is 54.6 Å². The summed E-state index contributed by atoms with van der Waals surface area (Å²) >= 11 is 0. The van der Waals surface area contributed by atoms with E-state index in [0.29, 0.717) is 18.2 Å². The molecule has 0 unspecified atom stereocenters. The zero-order chi connectivity index (χ0) is 13.7. The smallest absolute Gasteiger partial charge is 0.239 e. The van der Waals surface area contributed by atoms with Crippen LogP contribution < -0.4 is 15.4 Å². The molecule has 2 N–H and O–H groups in total. The van der Waals surface area contributed by atoms with Crippen LogP contribution >= 0.6 is 0 Å². The maximum absolute atomic E-state index is 5.89. The highest BCUT2D eigenvalue weighted by atomic mass is 16.5. The Hall–Kier alpha value is -1.49. The van der Waals surface area contributed by atoms with Gasteiger partial charge in [0.2, 0.25) is 5.88 Å². The van der Waals surface area contributed by atoms with E-state index in [-0.39, 0.29) is 0 Å². The van der Waals surface area contributed by atoms with Crippen LogP contribution in [0.5, 0.6) is 5.88 Å². The van der Waals surface area contributed by atoms with Crippen LogP contribution in [0.25, 0.3) is 0 Å². The van der Waals surface area contributed by atoms with Crippen LogP contribution in [0, 0.1) is 0 Å². The maximum Gasteiger partial charge on any atom is 0.239 e. The molecule has 0 amide bonds. The maximum atomic E-state index is 5.89. The van der Waals surface area contributed by atoms with Gasteiger partial charge in [-0.25, -0.2) is 0 Å². The number of hydrogen-bond acceptors (Lipinski definition) is 5. The van der Waals surface area contributed by atoms with Gasteiger partial charge in [-0.05, 0) is 25.1 Å². The number of nitrogens with two attached hydrogens (primary N) is 1. The van der Waals surface area contributed by atoms with Gasteiger partial charge in [0, 0.05) is 26.2 Å². The van der Waals surface area contributed by atoms with E-state index in [4.69, 9.17) is 10.5 Å². The van der Waals surface area contributed by atoms with Gasteiger partial charge in [-0.15, -0.1) is 0 Å². The van der Waals surface area contributed by atoms with E-state index in [9.17, 15) is 0 Å². The number of hydrogen-bond donors (Lipinski definition) is 1. The van der Waals surface area contributed by atoms with E-state index in [1.807, 2.05) is 12.1 Å². The van der Waals surface area contributed by atoms with Crippen molar-refractivity contribution in [1.82, 2.24) is 9.88 Å². The molecule has 2 rings (SSSR count). The lowest BCUT2D eigenvalue weighted by atomic mass is 10.3. The van der Waals surface area contributed by atoms with E-state index < -0.39 is 0 Å². The lowest BCUT2D eigenvalue weighted by Crippen LogP contribution is -2.46. The molecular weight excluding hydrogens is 240 g/mol. The molecule has 0 aliphatic carbocycles. The van der Waals surface area contributed by atoms with Gasteiger partial charge < -0.3 is 20.3 Å². The fourth-order valence-electron chi connectivity index (χ4n) is 2.23. The van der Waals surface area contributed by atoms with Crippen molar-refractivity contribution in [2.45, 2.75) is 20.3 Å². The molecule has 1 aliphatic rings. The van der Waals surface area contributed by atoms with E-state index in [1.165, 1.54) is 0 Å². The Morgan fingerprint density at radius 1 is 1.21 bits per heavy atom. The van der Waals surface area contributed by atoms with Crippen molar-refractivity contribution in [3.05, 3.63) is 12.1 Å². The molecule has 0 bridgehead atoms. The molecule has 1 aliphatic heterocycles. The fourth-order valence-corrected chi connectivity index (χ4v) is 2.23. The van der Waals surface area contributed by atoms with E-state index >= 15 is 0 Å². The molecule has 1 aromatic rings. The second kappa shape index (κ2) is 6.61. The average molecular weight is 264 g/mol. The number of anilines is 2. The molecule has 0 spiro atoms. The van der Waals surface area contributed by atoms with Crippen LogP contribution in [0.4, 0.5) is 11.5 Å². The third-order valence-electron chi connectivity index (χ3n) is 3.46. The van der Waals surface area contributed by atoms with Gasteiger partial charge in [-0.1, -0.05) is 13.8 Å². The van der Waals surface area contributed by atoms with Crippen LogP contribution in [0.1, 0.15) is 20.3 Å². The Labute approximate surface area is 115 Å². The molecule has 1 aromatic heterocycles. The highest BCUT2D eigenvalue weighted by Gasteiger charge is 2.17. The largest absolute Gasteiger partial charge is 0.476 e. The van der Waals surface area contributed by atoms with Gasteiger partial charge in [0.25, 0.3) is 0 Å². The monoisotopic (exact) mass is 264 g/mol. The predicted octanol–water partition coefficient (Wildman–Crippen LogP) is 1.59. The summed E-state index contributed by atoms with van der Waals surface area (Å²) in [6, 6.07) is 3.87. The van der Waals surface area contributed by atoms with Gasteiger partial charge in [0.15, 0.2) is 0 Å². The Morgan fingerprint density at radius 3 is 2.58 bits per heavy atom. The molecule has 1 saturated heterocycles. The summed E-state index contributed by atoms with van der Waals surface area (Å²) in [6.45, 7) is 10.3. The van der Waals surface area contributed by atoms with Gasteiger partial charge in [-0.3, -0.25) is 0 Å². The molecule has 106 valence electrons. The number of nitrogen functional groups attached to an aromatic ring is 1. The van der Waals surface area contributed by atoms with E-state index in [1.54, 1.807) is 0 Å². The van der Waals surface area contributed by atoms with Crippen LogP contribution in [0.15, 0.2) is 12.1 Å². The van der Waals surface area contributed by atoms with Crippen molar-refractivity contribution in [3.8, 4) is 5.88 Å². The summed E-state index contributed by atoms with van der Waals surface area (Å²) < 4.78 is 5.59. The molecule has 1 fully saturated rings. The van der Waals surface area contributed by atoms with Crippen molar-refractivity contribution >= 4 is 11.5 Å². The van der Waals surface area contributed by atoms with Crippen LogP contribution in [0.3, 0.4) is 0 Å². The zero-order valence-corrected chi connectivity index (χ0v) is 11.9. The third kappa shape index (κ3) is 3.50. The molecule has 2 heterocycles. The molecule has 0 saturated carbocycles. The summed E-state index contributed by atoms with van der Waals surface area (Å²) in [7, 11) is 0. The molecule has 0 radical (unpaired) electrons. The molecule has 0 aromatic carbocycles. The van der Waals surface area contributed by atoms with E-state index in [0.717, 1.165) is 45.0 Å².